The van der Waals surface area contributed by atoms with Gasteiger partial charge in [-0.15, -0.1) is 0 Å². The van der Waals surface area contributed by atoms with Crippen LogP contribution in [-0.4, -0.2) is 54.2 Å². The second-order valence-electron chi connectivity index (χ2n) is 5.83. The normalized spacial score (nSPS) is 29.3. The number of ether oxygens (including phenoxy) is 1. The maximum atomic E-state index is 12.1. The largest absolute Gasteiger partial charge is 0.388 e. The molecule has 0 bridgehead atoms. The van der Waals surface area contributed by atoms with Crippen molar-refractivity contribution in [2.45, 2.75) is 56.6 Å². The van der Waals surface area contributed by atoms with Crippen LogP contribution in [0.3, 0.4) is 0 Å². The van der Waals surface area contributed by atoms with E-state index < -0.39 is 5.60 Å². The Balaban J connectivity index is 1.92. The van der Waals surface area contributed by atoms with Crippen LogP contribution >= 0.6 is 0 Å². The minimum Gasteiger partial charge on any atom is -0.388 e. The fourth-order valence-corrected chi connectivity index (χ4v) is 3.09. The van der Waals surface area contributed by atoms with E-state index in [9.17, 15) is 9.90 Å². The molecule has 1 aliphatic carbocycles. The van der Waals surface area contributed by atoms with Crippen molar-refractivity contribution in [1.29, 1.82) is 0 Å². The third-order valence-corrected chi connectivity index (χ3v) is 4.27. The van der Waals surface area contributed by atoms with Gasteiger partial charge in [-0.2, -0.15) is 0 Å². The van der Waals surface area contributed by atoms with E-state index in [-0.39, 0.29) is 6.04 Å². The summed E-state index contributed by atoms with van der Waals surface area (Å²) in [6, 6.07) is 0.0133. The highest BCUT2D eigenvalue weighted by Gasteiger charge is 2.34. The minimum atomic E-state index is -0.667. The standard InChI is InChI=1S/C14H25NO3/c1-15(11-14(17)7-9-18-10-8-14)12-5-3-2-4-6-13(12)16/h12,17H,2-11H2,1H3. The van der Waals surface area contributed by atoms with Gasteiger partial charge in [0, 0.05) is 39.0 Å². The zero-order valence-electron chi connectivity index (χ0n) is 11.4. The average molecular weight is 255 g/mol. The Morgan fingerprint density at radius 1 is 1.33 bits per heavy atom. The Hall–Kier alpha value is -0.450. The molecule has 1 heterocycles. The van der Waals surface area contributed by atoms with Crippen LogP contribution in [0, 0.1) is 0 Å². The zero-order chi connectivity index (χ0) is 13.0. The summed E-state index contributed by atoms with van der Waals surface area (Å²) in [4.78, 5) is 14.1. The maximum Gasteiger partial charge on any atom is 0.149 e. The van der Waals surface area contributed by atoms with Crippen LogP contribution in [-0.2, 0) is 9.53 Å². The van der Waals surface area contributed by atoms with Crippen LogP contribution < -0.4 is 0 Å². The molecule has 104 valence electrons. The lowest BCUT2D eigenvalue weighted by atomic mass is 9.92. The van der Waals surface area contributed by atoms with Gasteiger partial charge < -0.3 is 9.84 Å². The molecule has 1 aliphatic heterocycles. The molecule has 0 aromatic carbocycles. The molecule has 0 aromatic rings. The third kappa shape index (κ3) is 3.53. The molecular formula is C14H25NO3. The highest BCUT2D eigenvalue weighted by molar-refractivity contribution is 5.84. The first-order valence-corrected chi connectivity index (χ1v) is 7.14. The van der Waals surface area contributed by atoms with Gasteiger partial charge in [0.1, 0.15) is 5.78 Å². The van der Waals surface area contributed by atoms with Crippen molar-refractivity contribution in [1.82, 2.24) is 4.90 Å². The molecule has 2 aliphatic rings. The van der Waals surface area contributed by atoms with Crippen LogP contribution in [0.2, 0.25) is 0 Å². The quantitative estimate of drug-likeness (QED) is 0.774. The number of hydrogen-bond acceptors (Lipinski definition) is 4. The van der Waals surface area contributed by atoms with E-state index in [1.54, 1.807) is 0 Å². The molecule has 0 amide bonds. The Labute approximate surface area is 109 Å². The number of rotatable bonds is 3. The fraction of sp³-hybridized carbons (Fsp3) is 0.929. The SMILES string of the molecule is CN(CC1(O)CCOCC1)C1CCCCCC1=O. The summed E-state index contributed by atoms with van der Waals surface area (Å²) in [7, 11) is 1.97. The lowest BCUT2D eigenvalue weighted by Crippen LogP contribution is -2.50. The fourth-order valence-electron chi connectivity index (χ4n) is 3.09. The van der Waals surface area contributed by atoms with Crippen LogP contribution in [0.1, 0.15) is 44.9 Å². The molecule has 2 fully saturated rings. The average Bonchev–Trinajstić information content (AvgIpc) is 2.54. The van der Waals surface area contributed by atoms with Crippen molar-refractivity contribution < 1.29 is 14.6 Å². The number of nitrogens with zero attached hydrogens (tertiary/aromatic N) is 1. The molecule has 2 rings (SSSR count). The first-order valence-electron chi connectivity index (χ1n) is 7.14. The molecule has 18 heavy (non-hydrogen) atoms. The summed E-state index contributed by atoms with van der Waals surface area (Å²) in [6.45, 7) is 1.85. The van der Waals surface area contributed by atoms with Gasteiger partial charge in [0.05, 0.1) is 11.6 Å². The molecule has 1 saturated heterocycles. The molecule has 0 aromatic heterocycles. The lowest BCUT2D eigenvalue weighted by Gasteiger charge is -2.37. The Morgan fingerprint density at radius 3 is 2.78 bits per heavy atom. The number of carbonyl (C=O) groups is 1. The van der Waals surface area contributed by atoms with Gasteiger partial charge in [-0.25, -0.2) is 0 Å². The summed E-state index contributed by atoms with van der Waals surface area (Å²) in [6.07, 6.45) is 6.33. The van der Waals surface area contributed by atoms with Gasteiger partial charge in [0.2, 0.25) is 0 Å². The maximum absolute atomic E-state index is 12.1. The van der Waals surface area contributed by atoms with Crippen LogP contribution in [0.5, 0.6) is 0 Å². The second-order valence-corrected chi connectivity index (χ2v) is 5.83. The summed E-state index contributed by atoms with van der Waals surface area (Å²) in [5.74, 6) is 0.352. The summed E-state index contributed by atoms with van der Waals surface area (Å²) >= 11 is 0. The Morgan fingerprint density at radius 2 is 2.06 bits per heavy atom. The lowest BCUT2D eigenvalue weighted by molar-refractivity contribution is -0.126. The third-order valence-electron chi connectivity index (χ3n) is 4.27. The number of likely N-dealkylation sites (N-methyl/N-ethyl adjacent to an activating group) is 1. The van der Waals surface area contributed by atoms with E-state index in [2.05, 4.69) is 4.90 Å². The van der Waals surface area contributed by atoms with Gasteiger partial charge in [0.15, 0.2) is 0 Å². The van der Waals surface area contributed by atoms with E-state index >= 15 is 0 Å². The highest BCUT2D eigenvalue weighted by atomic mass is 16.5. The zero-order valence-corrected chi connectivity index (χ0v) is 11.4. The van der Waals surface area contributed by atoms with E-state index in [0.29, 0.717) is 44.8 Å². The monoisotopic (exact) mass is 255 g/mol. The van der Waals surface area contributed by atoms with Crippen LogP contribution in [0.4, 0.5) is 0 Å². The van der Waals surface area contributed by atoms with E-state index in [1.165, 1.54) is 0 Å². The van der Waals surface area contributed by atoms with Crippen LogP contribution in [0.15, 0.2) is 0 Å². The van der Waals surface area contributed by atoms with Crippen molar-refractivity contribution in [3.63, 3.8) is 0 Å². The molecule has 1 atom stereocenters. The molecule has 1 saturated carbocycles. The summed E-state index contributed by atoms with van der Waals surface area (Å²) in [5, 5.41) is 10.5. The van der Waals surface area contributed by atoms with E-state index in [4.69, 9.17) is 4.74 Å². The minimum absolute atomic E-state index is 0.0133. The van der Waals surface area contributed by atoms with Gasteiger partial charge in [-0.3, -0.25) is 9.69 Å². The second kappa shape index (κ2) is 6.13. The summed E-state index contributed by atoms with van der Waals surface area (Å²) in [5.41, 5.74) is -0.667. The van der Waals surface area contributed by atoms with E-state index in [1.807, 2.05) is 7.05 Å². The molecule has 0 spiro atoms. The molecule has 0 radical (unpaired) electrons. The van der Waals surface area contributed by atoms with Gasteiger partial charge in [-0.1, -0.05) is 12.8 Å². The van der Waals surface area contributed by atoms with Gasteiger partial charge >= 0.3 is 0 Å². The van der Waals surface area contributed by atoms with Crippen molar-refractivity contribution in [2.75, 3.05) is 26.8 Å². The van der Waals surface area contributed by atoms with Gasteiger partial charge in [-0.05, 0) is 19.9 Å². The van der Waals surface area contributed by atoms with E-state index in [0.717, 1.165) is 25.7 Å². The molecule has 1 unspecified atom stereocenters. The van der Waals surface area contributed by atoms with Crippen molar-refractivity contribution in [3.05, 3.63) is 0 Å². The van der Waals surface area contributed by atoms with Gasteiger partial charge in [0.25, 0.3) is 0 Å². The number of carbonyl (C=O) groups excluding carboxylic acids is 1. The molecule has 4 nitrogen and oxygen atoms in total. The Bertz CT molecular complexity index is 287. The van der Waals surface area contributed by atoms with Crippen molar-refractivity contribution in [3.8, 4) is 0 Å². The molecule has 1 N–H and O–H groups in total. The highest BCUT2D eigenvalue weighted by Crippen LogP contribution is 2.25. The first kappa shape index (κ1) is 14.0. The Kier molecular flexibility index (Phi) is 4.76. The number of ketones is 1. The number of Topliss-reactive ketones (excluding diaryl/α,β-unsaturated/α-hetero) is 1. The number of aliphatic hydroxyl groups is 1. The predicted octanol–water partition coefficient (Wildman–Crippen LogP) is 1.36. The van der Waals surface area contributed by atoms with Crippen molar-refractivity contribution >= 4 is 5.78 Å². The molecule has 4 heteroatoms. The summed E-state index contributed by atoms with van der Waals surface area (Å²) < 4.78 is 5.29. The number of hydrogen-bond donors (Lipinski definition) is 1. The molecular weight excluding hydrogens is 230 g/mol. The smallest absolute Gasteiger partial charge is 0.149 e. The topological polar surface area (TPSA) is 49.8 Å². The predicted molar refractivity (Wildman–Crippen MR) is 69.5 cm³/mol. The van der Waals surface area contributed by atoms with Crippen LogP contribution in [0.25, 0.3) is 0 Å². The van der Waals surface area contributed by atoms with Crippen molar-refractivity contribution in [2.24, 2.45) is 0 Å². The first-order chi connectivity index (χ1) is 8.61.